The zero-order valence-electron chi connectivity index (χ0n) is 10.6. The summed E-state index contributed by atoms with van der Waals surface area (Å²) in [6.07, 6.45) is 1.96. The Morgan fingerprint density at radius 1 is 1.12 bits per heavy atom. The SMILES string of the molecule is CSc1ccc(S(=O)(=O)N[C@H](C)C(C)C)cc1. The van der Waals surface area contributed by atoms with Crippen molar-refractivity contribution in [2.24, 2.45) is 5.92 Å². The maximum Gasteiger partial charge on any atom is 0.240 e. The quantitative estimate of drug-likeness (QED) is 0.839. The lowest BCUT2D eigenvalue weighted by molar-refractivity contribution is 0.476. The van der Waals surface area contributed by atoms with Crippen LogP contribution in [0.25, 0.3) is 0 Å². The van der Waals surface area contributed by atoms with Crippen LogP contribution in [-0.4, -0.2) is 20.7 Å². The number of rotatable bonds is 5. The molecular formula is C12H19NO2S2. The van der Waals surface area contributed by atoms with E-state index in [4.69, 9.17) is 0 Å². The van der Waals surface area contributed by atoms with Crippen molar-refractivity contribution in [1.29, 1.82) is 0 Å². The lowest BCUT2D eigenvalue weighted by Gasteiger charge is -2.17. The van der Waals surface area contributed by atoms with Crippen molar-refractivity contribution in [2.45, 2.75) is 36.6 Å². The molecule has 0 aliphatic carbocycles. The van der Waals surface area contributed by atoms with Gasteiger partial charge in [-0.1, -0.05) is 13.8 Å². The highest BCUT2D eigenvalue weighted by Gasteiger charge is 2.18. The number of thioether (sulfide) groups is 1. The molecule has 3 nitrogen and oxygen atoms in total. The lowest BCUT2D eigenvalue weighted by Crippen LogP contribution is -2.36. The molecule has 1 aromatic carbocycles. The van der Waals surface area contributed by atoms with Crippen molar-refractivity contribution in [3.8, 4) is 0 Å². The van der Waals surface area contributed by atoms with Gasteiger partial charge >= 0.3 is 0 Å². The average Bonchev–Trinajstić information content (AvgIpc) is 2.28. The molecule has 0 fully saturated rings. The summed E-state index contributed by atoms with van der Waals surface area (Å²) < 4.78 is 26.7. The van der Waals surface area contributed by atoms with Gasteiger partial charge in [0.25, 0.3) is 0 Å². The minimum Gasteiger partial charge on any atom is -0.208 e. The number of hydrogen-bond donors (Lipinski definition) is 1. The highest BCUT2D eigenvalue weighted by Crippen LogP contribution is 2.18. The first-order valence-electron chi connectivity index (χ1n) is 5.53. The summed E-state index contributed by atoms with van der Waals surface area (Å²) in [6.45, 7) is 5.85. The van der Waals surface area contributed by atoms with E-state index in [1.165, 1.54) is 0 Å². The smallest absolute Gasteiger partial charge is 0.208 e. The van der Waals surface area contributed by atoms with E-state index in [1.807, 2.05) is 39.2 Å². The second-order valence-corrected chi connectivity index (χ2v) is 6.92. The van der Waals surface area contributed by atoms with Crippen LogP contribution in [0, 0.1) is 5.92 Å². The molecule has 0 aromatic heterocycles. The van der Waals surface area contributed by atoms with Crippen LogP contribution in [-0.2, 0) is 10.0 Å². The Bertz CT molecular complexity index is 452. The summed E-state index contributed by atoms with van der Waals surface area (Å²) in [5, 5.41) is 0. The molecule has 0 amide bonds. The molecule has 5 heteroatoms. The largest absolute Gasteiger partial charge is 0.240 e. The fraction of sp³-hybridized carbons (Fsp3) is 0.500. The minimum atomic E-state index is -3.39. The van der Waals surface area contributed by atoms with Crippen LogP contribution in [0.1, 0.15) is 20.8 Å². The molecule has 0 saturated carbocycles. The van der Waals surface area contributed by atoms with Gasteiger partial charge in [0, 0.05) is 10.9 Å². The molecule has 0 radical (unpaired) electrons. The third-order valence-electron chi connectivity index (χ3n) is 2.71. The first-order valence-corrected chi connectivity index (χ1v) is 8.24. The van der Waals surface area contributed by atoms with Crippen LogP contribution in [0.15, 0.2) is 34.1 Å². The molecule has 0 aliphatic heterocycles. The number of benzene rings is 1. The standard InChI is InChI=1S/C12H19NO2S2/c1-9(2)10(3)13-17(14,15)12-7-5-11(16-4)6-8-12/h5-10,13H,1-4H3/t10-/m1/s1. The third kappa shape index (κ3) is 4.01. The van der Waals surface area contributed by atoms with Gasteiger partial charge < -0.3 is 0 Å². The second-order valence-electron chi connectivity index (χ2n) is 4.33. The maximum absolute atomic E-state index is 12.0. The van der Waals surface area contributed by atoms with Gasteiger partial charge in [-0.15, -0.1) is 11.8 Å². The Kier molecular flexibility index (Phi) is 5.04. The van der Waals surface area contributed by atoms with Crippen molar-refractivity contribution in [1.82, 2.24) is 4.72 Å². The van der Waals surface area contributed by atoms with Gasteiger partial charge in [0.2, 0.25) is 10.0 Å². The molecule has 0 bridgehead atoms. The Morgan fingerprint density at radius 2 is 1.65 bits per heavy atom. The van der Waals surface area contributed by atoms with E-state index < -0.39 is 10.0 Å². The van der Waals surface area contributed by atoms with Crippen LogP contribution in [0.2, 0.25) is 0 Å². The van der Waals surface area contributed by atoms with Crippen molar-refractivity contribution in [2.75, 3.05) is 6.26 Å². The van der Waals surface area contributed by atoms with E-state index in [2.05, 4.69) is 4.72 Å². The van der Waals surface area contributed by atoms with Crippen LogP contribution in [0.5, 0.6) is 0 Å². The summed E-state index contributed by atoms with van der Waals surface area (Å²) in [7, 11) is -3.39. The van der Waals surface area contributed by atoms with Crippen LogP contribution in [0.3, 0.4) is 0 Å². The van der Waals surface area contributed by atoms with E-state index in [1.54, 1.807) is 23.9 Å². The molecule has 96 valence electrons. The van der Waals surface area contributed by atoms with E-state index in [-0.39, 0.29) is 12.0 Å². The van der Waals surface area contributed by atoms with E-state index in [9.17, 15) is 8.42 Å². The van der Waals surface area contributed by atoms with Crippen LogP contribution >= 0.6 is 11.8 Å². The molecule has 0 saturated heterocycles. The highest BCUT2D eigenvalue weighted by atomic mass is 32.2. The fourth-order valence-corrected chi connectivity index (χ4v) is 3.00. The van der Waals surface area contributed by atoms with Gasteiger partial charge in [-0.3, -0.25) is 0 Å². The van der Waals surface area contributed by atoms with Gasteiger partial charge in [0.15, 0.2) is 0 Å². The van der Waals surface area contributed by atoms with E-state index >= 15 is 0 Å². The van der Waals surface area contributed by atoms with Gasteiger partial charge in [-0.25, -0.2) is 13.1 Å². The molecule has 0 aliphatic rings. The molecule has 0 heterocycles. The monoisotopic (exact) mass is 273 g/mol. The van der Waals surface area contributed by atoms with Gasteiger partial charge in [0.1, 0.15) is 0 Å². The third-order valence-corrected chi connectivity index (χ3v) is 5.03. The number of nitrogens with one attached hydrogen (secondary N) is 1. The summed E-state index contributed by atoms with van der Waals surface area (Å²) >= 11 is 1.59. The summed E-state index contributed by atoms with van der Waals surface area (Å²) in [5.41, 5.74) is 0. The minimum absolute atomic E-state index is 0.0692. The Balaban J connectivity index is 2.89. The summed E-state index contributed by atoms with van der Waals surface area (Å²) in [4.78, 5) is 1.38. The molecular weight excluding hydrogens is 254 g/mol. The normalized spacial score (nSPS) is 13.9. The van der Waals surface area contributed by atoms with Crippen molar-refractivity contribution in [3.05, 3.63) is 24.3 Å². The van der Waals surface area contributed by atoms with Crippen LogP contribution in [0.4, 0.5) is 0 Å². The zero-order chi connectivity index (χ0) is 13.1. The second kappa shape index (κ2) is 5.89. The lowest BCUT2D eigenvalue weighted by atomic mass is 10.1. The predicted octanol–water partition coefficient (Wildman–Crippen LogP) is 2.73. The molecule has 1 atom stereocenters. The molecule has 0 spiro atoms. The molecule has 0 unspecified atom stereocenters. The molecule has 17 heavy (non-hydrogen) atoms. The van der Waals surface area contributed by atoms with E-state index in [0.717, 1.165) is 4.90 Å². The summed E-state index contributed by atoms with van der Waals surface area (Å²) in [6, 6.07) is 6.85. The van der Waals surface area contributed by atoms with Crippen molar-refractivity contribution < 1.29 is 8.42 Å². The first-order chi connectivity index (χ1) is 7.86. The van der Waals surface area contributed by atoms with Gasteiger partial charge in [-0.2, -0.15) is 0 Å². The topological polar surface area (TPSA) is 46.2 Å². The van der Waals surface area contributed by atoms with Gasteiger partial charge in [0.05, 0.1) is 4.90 Å². The van der Waals surface area contributed by atoms with E-state index in [0.29, 0.717) is 4.90 Å². The molecule has 1 rings (SSSR count). The van der Waals surface area contributed by atoms with Crippen LogP contribution < -0.4 is 4.72 Å². The van der Waals surface area contributed by atoms with Crippen molar-refractivity contribution >= 4 is 21.8 Å². The Labute approximate surface area is 108 Å². The number of sulfonamides is 1. The maximum atomic E-state index is 12.0. The Hall–Kier alpha value is -0.520. The zero-order valence-corrected chi connectivity index (χ0v) is 12.2. The average molecular weight is 273 g/mol. The molecule has 1 aromatic rings. The number of hydrogen-bond acceptors (Lipinski definition) is 3. The first kappa shape index (κ1) is 14.5. The summed E-state index contributed by atoms with van der Waals surface area (Å²) in [5.74, 6) is 0.273. The fourth-order valence-electron chi connectivity index (χ4n) is 1.20. The van der Waals surface area contributed by atoms with Gasteiger partial charge in [-0.05, 0) is 43.4 Å². The predicted molar refractivity (Wildman–Crippen MR) is 72.8 cm³/mol. The highest BCUT2D eigenvalue weighted by molar-refractivity contribution is 7.98. The molecule has 1 N–H and O–H groups in total. The Morgan fingerprint density at radius 3 is 2.06 bits per heavy atom. The van der Waals surface area contributed by atoms with Crippen molar-refractivity contribution in [3.63, 3.8) is 0 Å².